The Morgan fingerprint density at radius 1 is 1.03 bits per heavy atom. The van der Waals surface area contributed by atoms with Crippen molar-refractivity contribution in [3.05, 3.63) is 71.0 Å². The Bertz CT molecular complexity index is 906. The van der Waals surface area contributed by atoms with E-state index in [4.69, 9.17) is 0 Å². The third-order valence-corrected chi connectivity index (χ3v) is 6.18. The molecule has 0 aliphatic carbocycles. The Kier molecular flexibility index (Phi) is 8.39. The number of nitrogens with one attached hydrogen (secondary N) is 2. The SMILES string of the molecule is CC1CCN(Cc2ccccc2CNC(=O)C(NC(=O)c2ccc(F)cc2)C(C)C)CC1. The Morgan fingerprint density at radius 3 is 2.28 bits per heavy atom. The lowest BCUT2D eigenvalue weighted by atomic mass is 9.98. The van der Waals surface area contributed by atoms with E-state index in [1.165, 1.54) is 42.7 Å². The Balaban J connectivity index is 1.60. The highest BCUT2D eigenvalue weighted by atomic mass is 19.1. The van der Waals surface area contributed by atoms with Gasteiger partial charge < -0.3 is 10.6 Å². The minimum absolute atomic E-state index is 0.0926. The van der Waals surface area contributed by atoms with Gasteiger partial charge in [0, 0.05) is 18.7 Å². The maximum absolute atomic E-state index is 13.1. The molecular formula is C26H34FN3O2. The first-order valence-electron chi connectivity index (χ1n) is 11.5. The smallest absolute Gasteiger partial charge is 0.251 e. The average molecular weight is 440 g/mol. The van der Waals surface area contributed by atoms with E-state index in [-0.39, 0.29) is 11.8 Å². The maximum atomic E-state index is 13.1. The zero-order valence-corrected chi connectivity index (χ0v) is 19.2. The molecule has 0 saturated carbocycles. The highest BCUT2D eigenvalue weighted by molar-refractivity contribution is 5.97. The third-order valence-electron chi connectivity index (χ3n) is 6.18. The van der Waals surface area contributed by atoms with Crippen LogP contribution in [-0.2, 0) is 17.9 Å². The number of nitrogens with zero attached hydrogens (tertiary/aromatic N) is 1. The number of likely N-dealkylation sites (tertiary alicyclic amines) is 1. The van der Waals surface area contributed by atoms with Gasteiger partial charge in [-0.3, -0.25) is 14.5 Å². The molecule has 2 aromatic rings. The van der Waals surface area contributed by atoms with E-state index in [0.717, 1.165) is 31.1 Å². The molecule has 1 heterocycles. The largest absolute Gasteiger partial charge is 0.350 e. The first-order valence-corrected chi connectivity index (χ1v) is 11.5. The van der Waals surface area contributed by atoms with Crippen molar-refractivity contribution in [2.45, 2.75) is 52.7 Å². The first-order chi connectivity index (χ1) is 15.3. The first kappa shape index (κ1) is 23.9. The molecule has 1 atom stereocenters. The van der Waals surface area contributed by atoms with Crippen molar-refractivity contribution < 1.29 is 14.0 Å². The van der Waals surface area contributed by atoms with Crippen LogP contribution in [-0.4, -0.2) is 35.8 Å². The van der Waals surface area contributed by atoms with Crippen LogP contribution in [0.4, 0.5) is 4.39 Å². The van der Waals surface area contributed by atoms with Crippen LogP contribution in [0, 0.1) is 17.7 Å². The van der Waals surface area contributed by atoms with Crippen LogP contribution in [0.5, 0.6) is 0 Å². The molecule has 172 valence electrons. The average Bonchev–Trinajstić information content (AvgIpc) is 2.78. The summed E-state index contributed by atoms with van der Waals surface area (Å²) in [6.45, 7) is 9.59. The lowest BCUT2D eigenvalue weighted by Crippen LogP contribution is -2.49. The van der Waals surface area contributed by atoms with Gasteiger partial charge in [-0.15, -0.1) is 0 Å². The zero-order chi connectivity index (χ0) is 23.1. The van der Waals surface area contributed by atoms with Gasteiger partial charge in [0.25, 0.3) is 5.91 Å². The molecule has 0 aromatic heterocycles. The molecule has 1 saturated heterocycles. The van der Waals surface area contributed by atoms with Gasteiger partial charge in [0.1, 0.15) is 11.9 Å². The number of rotatable bonds is 8. The van der Waals surface area contributed by atoms with Crippen LogP contribution >= 0.6 is 0 Å². The summed E-state index contributed by atoms with van der Waals surface area (Å²) in [5.74, 6) is -0.322. The Hall–Kier alpha value is -2.73. The van der Waals surface area contributed by atoms with Crippen molar-refractivity contribution in [2.75, 3.05) is 13.1 Å². The van der Waals surface area contributed by atoms with Crippen LogP contribution in [0.1, 0.15) is 55.1 Å². The summed E-state index contributed by atoms with van der Waals surface area (Å²) < 4.78 is 13.1. The highest BCUT2D eigenvalue weighted by Gasteiger charge is 2.25. The van der Waals surface area contributed by atoms with E-state index in [1.807, 2.05) is 32.0 Å². The molecule has 0 spiro atoms. The Labute approximate surface area is 190 Å². The minimum Gasteiger partial charge on any atom is -0.350 e. The Morgan fingerprint density at radius 2 is 1.66 bits per heavy atom. The van der Waals surface area contributed by atoms with Crippen LogP contribution in [0.2, 0.25) is 0 Å². The molecule has 32 heavy (non-hydrogen) atoms. The number of carbonyl (C=O) groups excluding carboxylic acids is 2. The molecule has 1 aliphatic heterocycles. The molecule has 3 rings (SSSR count). The van der Waals surface area contributed by atoms with Gasteiger partial charge in [-0.05, 0) is 73.2 Å². The standard InChI is InChI=1S/C26H34FN3O2/c1-18(2)24(29-25(31)20-8-10-23(27)11-9-20)26(32)28-16-21-6-4-5-7-22(21)17-30-14-12-19(3)13-15-30/h4-11,18-19,24H,12-17H2,1-3H3,(H,28,32)(H,29,31). The van der Waals surface area contributed by atoms with Crippen LogP contribution in [0.3, 0.4) is 0 Å². The summed E-state index contributed by atoms with van der Waals surface area (Å²) in [4.78, 5) is 27.9. The van der Waals surface area contributed by atoms with E-state index < -0.39 is 17.8 Å². The molecule has 6 heteroatoms. The summed E-state index contributed by atoms with van der Waals surface area (Å²) in [5, 5.41) is 5.79. The molecule has 0 bridgehead atoms. The molecule has 0 radical (unpaired) electrons. The van der Waals surface area contributed by atoms with E-state index in [2.05, 4.69) is 28.5 Å². The van der Waals surface area contributed by atoms with Gasteiger partial charge in [0.15, 0.2) is 0 Å². The van der Waals surface area contributed by atoms with Gasteiger partial charge >= 0.3 is 0 Å². The van der Waals surface area contributed by atoms with E-state index in [9.17, 15) is 14.0 Å². The molecular weight excluding hydrogens is 405 g/mol. The van der Waals surface area contributed by atoms with E-state index >= 15 is 0 Å². The number of hydrogen-bond acceptors (Lipinski definition) is 3. The fourth-order valence-electron chi connectivity index (χ4n) is 4.00. The molecule has 1 fully saturated rings. The van der Waals surface area contributed by atoms with Gasteiger partial charge in [0.05, 0.1) is 0 Å². The second-order valence-electron chi connectivity index (χ2n) is 9.15. The van der Waals surface area contributed by atoms with Crippen molar-refractivity contribution >= 4 is 11.8 Å². The maximum Gasteiger partial charge on any atom is 0.251 e. The van der Waals surface area contributed by atoms with Gasteiger partial charge in [-0.2, -0.15) is 0 Å². The minimum atomic E-state index is -0.678. The molecule has 2 aromatic carbocycles. The molecule has 5 nitrogen and oxygen atoms in total. The second kappa shape index (κ2) is 11.2. The van der Waals surface area contributed by atoms with Crippen molar-refractivity contribution in [3.8, 4) is 0 Å². The summed E-state index contributed by atoms with van der Waals surface area (Å²) in [5.41, 5.74) is 2.64. The van der Waals surface area contributed by atoms with Gasteiger partial charge in [-0.25, -0.2) is 4.39 Å². The molecule has 2 N–H and O–H groups in total. The van der Waals surface area contributed by atoms with Crippen molar-refractivity contribution in [2.24, 2.45) is 11.8 Å². The van der Waals surface area contributed by atoms with Crippen molar-refractivity contribution in [1.29, 1.82) is 0 Å². The van der Waals surface area contributed by atoms with Crippen molar-refractivity contribution in [3.63, 3.8) is 0 Å². The summed E-state index contributed by atoms with van der Waals surface area (Å²) in [6, 6.07) is 12.8. The lowest BCUT2D eigenvalue weighted by Gasteiger charge is -2.30. The molecule has 2 amide bonds. The van der Waals surface area contributed by atoms with Crippen molar-refractivity contribution in [1.82, 2.24) is 15.5 Å². The van der Waals surface area contributed by atoms with Crippen LogP contribution in [0.15, 0.2) is 48.5 Å². The molecule has 1 aliphatic rings. The lowest BCUT2D eigenvalue weighted by molar-refractivity contribution is -0.124. The number of halogens is 1. The van der Waals surface area contributed by atoms with Gasteiger partial charge in [0.2, 0.25) is 5.91 Å². The fraction of sp³-hybridized carbons (Fsp3) is 0.462. The van der Waals surface area contributed by atoms with Gasteiger partial charge in [-0.1, -0.05) is 45.0 Å². The van der Waals surface area contributed by atoms with E-state index in [0.29, 0.717) is 12.1 Å². The number of hydrogen-bond donors (Lipinski definition) is 2. The quantitative estimate of drug-likeness (QED) is 0.650. The normalized spacial score (nSPS) is 16.0. The van der Waals surface area contributed by atoms with E-state index in [1.54, 1.807) is 0 Å². The highest BCUT2D eigenvalue weighted by Crippen LogP contribution is 2.20. The summed E-state index contributed by atoms with van der Waals surface area (Å²) >= 11 is 0. The summed E-state index contributed by atoms with van der Waals surface area (Å²) in [6.07, 6.45) is 2.45. The predicted molar refractivity (Wildman–Crippen MR) is 124 cm³/mol. The van der Waals surface area contributed by atoms with Crippen LogP contribution < -0.4 is 10.6 Å². The second-order valence-corrected chi connectivity index (χ2v) is 9.15. The number of carbonyl (C=O) groups is 2. The number of piperidine rings is 1. The molecule has 1 unspecified atom stereocenters. The zero-order valence-electron chi connectivity index (χ0n) is 19.2. The van der Waals surface area contributed by atoms with Crippen LogP contribution in [0.25, 0.3) is 0 Å². The monoisotopic (exact) mass is 439 g/mol. The predicted octanol–water partition coefficient (Wildman–Crippen LogP) is 4.13. The number of amides is 2. The number of benzene rings is 2. The summed E-state index contributed by atoms with van der Waals surface area (Å²) in [7, 11) is 0. The topological polar surface area (TPSA) is 61.4 Å². The third kappa shape index (κ3) is 6.63. The fourth-order valence-corrected chi connectivity index (χ4v) is 4.00.